The molecule has 0 N–H and O–H groups in total. The monoisotopic (exact) mass is 446 g/mol. The highest BCUT2D eigenvalue weighted by molar-refractivity contribution is 7.07. The van der Waals surface area contributed by atoms with Crippen LogP contribution in [-0.4, -0.2) is 24.3 Å². The molecule has 0 saturated heterocycles. The normalized spacial score (nSPS) is 15.7. The standard InChI is InChI=1S/C25H22N2O4S/c1-4-14-31-24(29)21-16(2)26-25-27(22(21)18-10-12-19(30-3)13-11-18)23(28)20(32-25)15-17-8-6-5-7-9-17/h4-13,15,22H,1,14H2,2-3H3. The van der Waals surface area contributed by atoms with E-state index in [2.05, 4.69) is 11.6 Å². The number of nitrogens with zero attached hydrogens (tertiary/aromatic N) is 2. The zero-order chi connectivity index (χ0) is 22.7. The molecule has 2 heterocycles. The van der Waals surface area contributed by atoms with Crippen LogP contribution in [0.3, 0.4) is 0 Å². The van der Waals surface area contributed by atoms with Crippen LogP contribution in [0.15, 0.2) is 88.3 Å². The van der Waals surface area contributed by atoms with Crippen LogP contribution < -0.4 is 19.6 Å². The first kappa shape index (κ1) is 21.5. The molecule has 162 valence electrons. The van der Waals surface area contributed by atoms with Crippen LogP contribution in [0.4, 0.5) is 0 Å². The van der Waals surface area contributed by atoms with Crippen molar-refractivity contribution in [2.24, 2.45) is 4.99 Å². The molecule has 2 aromatic carbocycles. The summed E-state index contributed by atoms with van der Waals surface area (Å²) in [5.74, 6) is 0.158. The lowest BCUT2D eigenvalue weighted by atomic mass is 9.96. The number of carbonyl (C=O) groups excluding carboxylic acids is 1. The topological polar surface area (TPSA) is 69.9 Å². The van der Waals surface area contributed by atoms with Crippen molar-refractivity contribution in [1.29, 1.82) is 0 Å². The van der Waals surface area contributed by atoms with E-state index in [1.165, 1.54) is 17.4 Å². The quantitative estimate of drug-likeness (QED) is 0.431. The van der Waals surface area contributed by atoms with Crippen LogP contribution in [0.25, 0.3) is 6.08 Å². The number of hydrogen-bond acceptors (Lipinski definition) is 6. The average molecular weight is 447 g/mol. The average Bonchev–Trinajstić information content (AvgIpc) is 3.11. The molecule has 0 saturated carbocycles. The molecule has 1 aliphatic rings. The summed E-state index contributed by atoms with van der Waals surface area (Å²) < 4.78 is 12.7. The Morgan fingerprint density at radius 2 is 1.91 bits per heavy atom. The fourth-order valence-corrected chi connectivity index (χ4v) is 4.64. The van der Waals surface area contributed by atoms with Gasteiger partial charge in [-0.15, -0.1) is 0 Å². The van der Waals surface area contributed by atoms with Crippen LogP contribution >= 0.6 is 11.3 Å². The van der Waals surface area contributed by atoms with Crippen molar-refractivity contribution in [3.8, 4) is 5.75 Å². The third-order valence-corrected chi connectivity index (χ3v) is 6.09. The molecule has 32 heavy (non-hydrogen) atoms. The Kier molecular flexibility index (Phi) is 6.18. The Bertz CT molecular complexity index is 1370. The van der Waals surface area contributed by atoms with E-state index in [1.807, 2.05) is 48.5 Å². The van der Waals surface area contributed by atoms with Crippen molar-refractivity contribution in [1.82, 2.24) is 4.57 Å². The summed E-state index contributed by atoms with van der Waals surface area (Å²) in [5.41, 5.74) is 2.32. The molecule has 6 nitrogen and oxygen atoms in total. The van der Waals surface area contributed by atoms with Crippen LogP contribution in [0.1, 0.15) is 24.1 Å². The van der Waals surface area contributed by atoms with Gasteiger partial charge < -0.3 is 9.47 Å². The van der Waals surface area contributed by atoms with Crippen molar-refractivity contribution in [3.05, 3.63) is 109 Å². The summed E-state index contributed by atoms with van der Waals surface area (Å²) in [6.07, 6.45) is 3.34. The second-order valence-electron chi connectivity index (χ2n) is 7.15. The fourth-order valence-electron chi connectivity index (χ4n) is 3.60. The molecule has 1 aliphatic heterocycles. The predicted octanol–water partition coefficient (Wildman–Crippen LogP) is 2.97. The van der Waals surface area contributed by atoms with Crippen molar-refractivity contribution in [3.63, 3.8) is 0 Å². The van der Waals surface area contributed by atoms with Crippen molar-refractivity contribution in [2.75, 3.05) is 13.7 Å². The van der Waals surface area contributed by atoms with Gasteiger partial charge in [-0.1, -0.05) is 66.5 Å². The van der Waals surface area contributed by atoms with Crippen LogP contribution in [0.5, 0.6) is 5.75 Å². The maximum absolute atomic E-state index is 13.5. The Balaban J connectivity index is 1.92. The third kappa shape index (κ3) is 4.07. The van der Waals surface area contributed by atoms with E-state index in [-0.39, 0.29) is 12.2 Å². The van der Waals surface area contributed by atoms with Crippen molar-refractivity contribution in [2.45, 2.75) is 13.0 Å². The van der Waals surface area contributed by atoms with Crippen LogP contribution in [0.2, 0.25) is 0 Å². The summed E-state index contributed by atoms with van der Waals surface area (Å²) in [6.45, 7) is 5.43. The molecule has 1 unspecified atom stereocenters. The molecule has 4 rings (SSSR count). The number of aromatic nitrogens is 1. The van der Waals surface area contributed by atoms with Gasteiger partial charge in [0.2, 0.25) is 0 Å². The Morgan fingerprint density at radius 1 is 1.19 bits per heavy atom. The maximum atomic E-state index is 13.5. The van der Waals surface area contributed by atoms with E-state index in [0.717, 1.165) is 11.1 Å². The Hall–Kier alpha value is -3.71. The molecule has 0 spiro atoms. The fraction of sp³-hybridized carbons (Fsp3) is 0.160. The number of methoxy groups -OCH3 is 1. The highest BCUT2D eigenvalue weighted by Crippen LogP contribution is 2.31. The molecule has 0 radical (unpaired) electrons. The van der Waals surface area contributed by atoms with Gasteiger partial charge in [0.1, 0.15) is 12.4 Å². The minimum atomic E-state index is -0.660. The van der Waals surface area contributed by atoms with E-state index in [1.54, 1.807) is 30.7 Å². The second kappa shape index (κ2) is 9.20. The third-order valence-electron chi connectivity index (χ3n) is 5.10. The number of ether oxygens (including phenoxy) is 2. The van der Waals surface area contributed by atoms with E-state index < -0.39 is 12.0 Å². The summed E-state index contributed by atoms with van der Waals surface area (Å²) >= 11 is 1.30. The number of rotatable bonds is 6. The van der Waals surface area contributed by atoms with E-state index in [0.29, 0.717) is 26.4 Å². The number of benzene rings is 2. The van der Waals surface area contributed by atoms with Gasteiger partial charge in [-0.2, -0.15) is 0 Å². The predicted molar refractivity (Wildman–Crippen MR) is 124 cm³/mol. The van der Waals surface area contributed by atoms with Gasteiger partial charge in [0.05, 0.1) is 29.0 Å². The number of hydrogen-bond donors (Lipinski definition) is 0. The molecule has 7 heteroatoms. The van der Waals surface area contributed by atoms with E-state index in [4.69, 9.17) is 9.47 Å². The van der Waals surface area contributed by atoms with E-state index in [9.17, 15) is 9.59 Å². The number of fused-ring (bicyclic) bond motifs is 1. The Morgan fingerprint density at radius 3 is 2.56 bits per heavy atom. The molecule has 0 aliphatic carbocycles. The van der Waals surface area contributed by atoms with Gasteiger partial charge in [0.15, 0.2) is 4.80 Å². The summed E-state index contributed by atoms with van der Waals surface area (Å²) in [7, 11) is 1.59. The summed E-state index contributed by atoms with van der Waals surface area (Å²) in [4.78, 5) is 31.6. The molecule has 0 bridgehead atoms. The lowest BCUT2D eigenvalue weighted by molar-refractivity contribution is -0.138. The molecule has 3 aromatic rings. The molecule has 1 atom stereocenters. The van der Waals surface area contributed by atoms with Crippen molar-refractivity contribution < 1.29 is 14.3 Å². The van der Waals surface area contributed by atoms with Crippen LogP contribution in [0, 0.1) is 0 Å². The van der Waals surface area contributed by atoms with Crippen LogP contribution in [-0.2, 0) is 9.53 Å². The molecule has 0 amide bonds. The van der Waals surface area contributed by atoms with Gasteiger partial charge in [-0.05, 0) is 36.3 Å². The zero-order valence-electron chi connectivity index (χ0n) is 17.8. The van der Waals surface area contributed by atoms with Gasteiger partial charge in [0.25, 0.3) is 5.56 Å². The number of allylic oxidation sites excluding steroid dienone is 1. The minimum absolute atomic E-state index is 0.0728. The lowest BCUT2D eigenvalue weighted by Crippen LogP contribution is -2.39. The number of esters is 1. The smallest absolute Gasteiger partial charge is 0.338 e. The summed E-state index contributed by atoms with van der Waals surface area (Å²) in [5, 5.41) is 0. The lowest BCUT2D eigenvalue weighted by Gasteiger charge is -2.24. The highest BCUT2D eigenvalue weighted by atomic mass is 32.1. The first-order valence-corrected chi connectivity index (χ1v) is 10.8. The van der Waals surface area contributed by atoms with Gasteiger partial charge in [0, 0.05) is 0 Å². The number of carbonyl (C=O) groups is 1. The minimum Gasteiger partial charge on any atom is -0.497 e. The van der Waals surface area contributed by atoms with E-state index >= 15 is 0 Å². The molecular weight excluding hydrogens is 424 g/mol. The molecule has 0 fully saturated rings. The van der Waals surface area contributed by atoms with Gasteiger partial charge in [-0.25, -0.2) is 9.79 Å². The molecular formula is C25H22N2O4S. The maximum Gasteiger partial charge on any atom is 0.338 e. The molecule has 1 aromatic heterocycles. The zero-order valence-corrected chi connectivity index (χ0v) is 18.6. The van der Waals surface area contributed by atoms with Gasteiger partial charge in [-0.3, -0.25) is 9.36 Å². The largest absolute Gasteiger partial charge is 0.497 e. The van der Waals surface area contributed by atoms with Crippen molar-refractivity contribution >= 4 is 23.4 Å². The SMILES string of the molecule is C=CCOC(=O)C1=C(C)N=c2sc(=Cc3ccccc3)c(=O)n2C1c1ccc(OC)cc1. The van der Waals surface area contributed by atoms with Gasteiger partial charge >= 0.3 is 5.97 Å². The summed E-state index contributed by atoms with van der Waals surface area (Å²) in [6, 6.07) is 16.3. The first-order chi connectivity index (χ1) is 15.5. The second-order valence-corrected chi connectivity index (χ2v) is 8.16. The number of thiazole rings is 1. The first-order valence-electron chi connectivity index (χ1n) is 10.0. The highest BCUT2D eigenvalue weighted by Gasteiger charge is 2.33. The Labute approximate surface area is 189 Å².